The molecule has 0 saturated heterocycles. The van der Waals surface area contributed by atoms with E-state index in [4.69, 9.17) is 15.1 Å². The van der Waals surface area contributed by atoms with Crippen LogP contribution in [-0.2, 0) is 17.5 Å². The second-order valence-corrected chi connectivity index (χ2v) is 4.98. The van der Waals surface area contributed by atoms with Crippen molar-refractivity contribution in [2.75, 3.05) is 13.2 Å². The van der Waals surface area contributed by atoms with E-state index >= 15 is 0 Å². The highest BCUT2D eigenvalue weighted by Crippen LogP contribution is 2.33. The van der Waals surface area contributed by atoms with Crippen molar-refractivity contribution < 1.29 is 23.0 Å². The van der Waals surface area contributed by atoms with Gasteiger partial charge in [0.2, 0.25) is 0 Å². The van der Waals surface area contributed by atoms with Crippen LogP contribution in [0.1, 0.15) is 29.7 Å². The van der Waals surface area contributed by atoms with Crippen LogP contribution in [0.2, 0.25) is 0 Å². The van der Waals surface area contributed by atoms with Crippen molar-refractivity contribution in [1.29, 1.82) is 5.26 Å². The summed E-state index contributed by atoms with van der Waals surface area (Å²) in [5.41, 5.74) is -0.837. The minimum absolute atomic E-state index is 0.0970. The number of aliphatic hydroxyl groups is 1. The number of halogens is 3. The third-order valence-corrected chi connectivity index (χ3v) is 3.18. The van der Waals surface area contributed by atoms with Gasteiger partial charge in [0.25, 0.3) is 0 Å². The molecule has 0 radical (unpaired) electrons. The van der Waals surface area contributed by atoms with Gasteiger partial charge in [0, 0.05) is 13.2 Å². The summed E-state index contributed by atoms with van der Waals surface area (Å²) in [4.78, 5) is 0. The van der Waals surface area contributed by atoms with Crippen molar-refractivity contribution in [3.63, 3.8) is 0 Å². The second kappa shape index (κ2) is 7.90. The Balaban J connectivity index is 2.11. The SMILES string of the molecule is N#Cc1ccc(-n2cc(COCCCCO)nn2)cc1C(F)(F)F. The van der Waals surface area contributed by atoms with E-state index in [1.165, 1.54) is 23.0 Å². The minimum Gasteiger partial charge on any atom is -0.396 e. The predicted octanol–water partition coefficient (Wildman–Crippen LogP) is 2.45. The summed E-state index contributed by atoms with van der Waals surface area (Å²) in [5, 5.41) is 25.1. The van der Waals surface area contributed by atoms with Crippen LogP contribution < -0.4 is 0 Å². The first-order valence-electron chi connectivity index (χ1n) is 7.17. The van der Waals surface area contributed by atoms with E-state index < -0.39 is 17.3 Å². The van der Waals surface area contributed by atoms with Crippen LogP contribution in [0.5, 0.6) is 0 Å². The number of nitrogens with zero attached hydrogens (tertiary/aromatic N) is 4. The number of ether oxygens (including phenoxy) is 1. The molecule has 0 amide bonds. The Kier molecular flexibility index (Phi) is 5.89. The molecule has 0 aliphatic heterocycles. The highest BCUT2D eigenvalue weighted by molar-refractivity contribution is 5.47. The van der Waals surface area contributed by atoms with Gasteiger partial charge >= 0.3 is 6.18 Å². The first-order chi connectivity index (χ1) is 11.5. The van der Waals surface area contributed by atoms with E-state index in [2.05, 4.69) is 10.3 Å². The maximum atomic E-state index is 13.0. The summed E-state index contributed by atoms with van der Waals surface area (Å²) in [6, 6.07) is 4.86. The van der Waals surface area contributed by atoms with Crippen LogP contribution in [0, 0.1) is 11.3 Å². The fourth-order valence-corrected chi connectivity index (χ4v) is 1.99. The maximum absolute atomic E-state index is 13.0. The number of aliphatic hydroxyl groups excluding tert-OH is 1. The molecular weight excluding hydrogens is 325 g/mol. The first-order valence-corrected chi connectivity index (χ1v) is 7.17. The van der Waals surface area contributed by atoms with Crippen LogP contribution in [0.25, 0.3) is 5.69 Å². The summed E-state index contributed by atoms with van der Waals surface area (Å²) < 4.78 is 45.4. The standard InChI is InChI=1S/C15H15F3N4O2/c16-15(17,18)14-7-13(4-3-11(14)8-19)22-9-12(20-21-22)10-24-6-2-1-5-23/h3-4,7,9,23H,1-2,5-6,10H2. The van der Waals surface area contributed by atoms with E-state index in [1.54, 1.807) is 0 Å². The molecule has 2 rings (SSSR count). The minimum atomic E-state index is -4.62. The molecule has 6 nitrogen and oxygen atoms in total. The lowest BCUT2D eigenvalue weighted by atomic mass is 10.1. The number of nitriles is 1. The zero-order chi connectivity index (χ0) is 17.6. The summed E-state index contributed by atoms with van der Waals surface area (Å²) in [6.45, 7) is 0.718. The Labute approximate surface area is 136 Å². The Morgan fingerprint density at radius 3 is 2.75 bits per heavy atom. The van der Waals surface area contributed by atoms with Gasteiger partial charge < -0.3 is 9.84 Å². The average Bonchev–Trinajstić information content (AvgIpc) is 3.02. The van der Waals surface area contributed by atoms with Gasteiger partial charge in [0.15, 0.2) is 0 Å². The number of alkyl halides is 3. The molecule has 1 aromatic heterocycles. The van der Waals surface area contributed by atoms with Gasteiger partial charge in [-0.25, -0.2) is 4.68 Å². The summed E-state index contributed by atoms with van der Waals surface area (Å²) in [7, 11) is 0. The molecule has 0 bridgehead atoms. The Hall–Kier alpha value is -2.44. The van der Waals surface area contributed by atoms with E-state index in [0.717, 1.165) is 12.1 Å². The largest absolute Gasteiger partial charge is 0.417 e. The normalized spacial score (nSPS) is 11.5. The molecule has 1 heterocycles. The van der Waals surface area contributed by atoms with Gasteiger partial charge in [0.05, 0.1) is 35.7 Å². The molecule has 0 spiro atoms. The van der Waals surface area contributed by atoms with Gasteiger partial charge in [-0.3, -0.25) is 0 Å². The second-order valence-electron chi connectivity index (χ2n) is 4.98. The lowest BCUT2D eigenvalue weighted by molar-refractivity contribution is -0.137. The Bertz CT molecular complexity index is 722. The number of unbranched alkanes of at least 4 members (excludes halogenated alkanes) is 1. The molecule has 9 heteroatoms. The van der Waals surface area contributed by atoms with Crippen molar-refractivity contribution in [2.24, 2.45) is 0 Å². The van der Waals surface area contributed by atoms with E-state index in [0.29, 0.717) is 25.1 Å². The van der Waals surface area contributed by atoms with E-state index in [-0.39, 0.29) is 18.9 Å². The molecule has 0 unspecified atom stereocenters. The topological polar surface area (TPSA) is 84.0 Å². The summed E-state index contributed by atoms with van der Waals surface area (Å²) in [6.07, 6.45) is -1.82. The summed E-state index contributed by atoms with van der Waals surface area (Å²) >= 11 is 0. The Morgan fingerprint density at radius 2 is 2.08 bits per heavy atom. The van der Waals surface area contributed by atoms with Crippen molar-refractivity contribution in [2.45, 2.75) is 25.6 Å². The number of aromatic nitrogens is 3. The monoisotopic (exact) mass is 340 g/mol. The smallest absolute Gasteiger partial charge is 0.396 e. The number of hydrogen-bond donors (Lipinski definition) is 1. The molecule has 0 saturated carbocycles. The number of rotatable bonds is 7. The molecule has 0 atom stereocenters. The molecule has 0 aliphatic carbocycles. The lowest BCUT2D eigenvalue weighted by Crippen LogP contribution is -2.09. The van der Waals surface area contributed by atoms with Crippen molar-refractivity contribution >= 4 is 0 Å². The quantitative estimate of drug-likeness (QED) is 0.783. The zero-order valence-corrected chi connectivity index (χ0v) is 12.6. The Morgan fingerprint density at radius 1 is 1.29 bits per heavy atom. The summed E-state index contributed by atoms with van der Waals surface area (Å²) in [5.74, 6) is 0. The van der Waals surface area contributed by atoms with Gasteiger partial charge in [-0.15, -0.1) is 5.10 Å². The maximum Gasteiger partial charge on any atom is 0.417 e. The van der Waals surface area contributed by atoms with Crippen molar-refractivity contribution in [3.05, 3.63) is 41.2 Å². The van der Waals surface area contributed by atoms with Crippen LogP contribution in [-0.4, -0.2) is 33.3 Å². The van der Waals surface area contributed by atoms with Crippen LogP contribution in [0.15, 0.2) is 24.4 Å². The lowest BCUT2D eigenvalue weighted by Gasteiger charge is -2.10. The number of benzene rings is 1. The molecule has 24 heavy (non-hydrogen) atoms. The zero-order valence-electron chi connectivity index (χ0n) is 12.6. The molecule has 128 valence electrons. The average molecular weight is 340 g/mol. The van der Waals surface area contributed by atoms with Gasteiger partial charge in [-0.1, -0.05) is 5.21 Å². The van der Waals surface area contributed by atoms with Crippen LogP contribution in [0.4, 0.5) is 13.2 Å². The first kappa shape index (κ1) is 17.9. The molecular formula is C15H15F3N4O2. The van der Waals surface area contributed by atoms with Crippen LogP contribution >= 0.6 is 0 Å². The van der Waals surface area contributed by atoms with E-state index in [9.17, 15) is 13.2 Å². The van der Waals surface area contributed by atoms with Crippen LogP contribution in [0.3, 0.4) is 0 Å². The third-order valence-electron chi connectivity index (χ3n) is 3.18. The fourth-order valence-electron chi connectivity index (χ4n) is 1.99. The van der Waals surface area contributed by atoms with Gasteiger partial charge in [-0.05, 0) is 31.0 Å². The van der Waals surface area contributed by atoms with Gasteiger partial charge in [-0.2, -0.15) is 18.4 Å². The van der Waals surface area contributed by atoms with Crippen molar-refractivity contribution in [3.8, 4) is 11.8 Å². The molecule has 2 aromatic rings. The fraction of sp³-hybridized carbons (Fsp3) is 0.400. The molecule has 0 aliphatic rings. The van der Waals surface area contributed by atoms with E-state index in [1.807, 2.05) is 0 Å². The molecule has 1 N–H and O–H groups in total. The number of hydrogen-bond acceptors (Lipinski definition) is 5. The predicted molar refractivity (Wildman–Crippen MR) is 77.1 cm³/mol. The third kappa shape index (κ3) is 4.53. The molecule has 1 aromatic carbocycles. The molecule has 0 fully saturated rings. The van der Waals surface area contributed by atoms with Gasteiger partial charge in [0.1, 0.15) is 5.69 Å². The highest BCUT2D eigenvalue weighted by atomic mass is 19.4. The highest BCUT2D eigenvalue weighted by Gasteiger charge is 2.34. The van der Waals surface area contributed by atoms with Crippen molar-refractivity contribution in [1.82, 2.24) is 15.0 Å².